The van der Waals surface area contributed by atoms with Crippen LogP contribution in [-0.4, -0.2) is 39.6 Å². The molecule has 2 aliphatic rings. The van der Waals surface area contributed by atoms with Crippen LogP contribution in [-0.2, 0) is 15.6 Å². The van der Waals surface area contributed by atoms with Crippen LogP contribution in [0, 0.1) is 0 Å². The standard InChI is InChI=1S/C36H40N2O2/c1-8-37-30-16-12-10-14-28(30)35(4,5)33(37)22-19-26-18-21-32(40-25(3)39)27(24-26)20-23-34-36(6,7)29-15-11-13-17-31(29)38(34)9-2/h10-24H,8-9H2,1-7H3/q+2/b22-19+,23-20+. The summed E-state index contributed by atoms with van der Waals surface area (Å²) in [4.78, 5) is 11.9. The Kier molecular flexibility index (Phi) is 7.22. The number of esters is 1. The lowest BCUT2D eigenvalue weighted by Crippen LogP contribution is -2.27. The summed E-state index contributed by atoms with van der Waals surface area (Å²) in [5.41, 5.74) is 9.41. The van der Waals surface area contributed by atoms with Gasteiger partial charge in [-0.2, -0.15) is 9.15 Å². The molecule has 0 atom stereocenters. The van der Waals surface area contributed by atoms with Gasteiger partial charge in [-0.05, 0) is 71.4 Å². The SMILES string of the molecule is CC[N+]1=C(/C=C/c2ccc(OC(C)=O)c(/C=C/C3=[N+](CC)c4ccccc4C3(C)C)c2)C(C)(C)c2ccccc21. The van der Waals surface area contributed by atoms with Gasteiger partial charge in [0, 0.05) is 47.9 Å². The summed E-state index contributed by atoms with van der Waals surface area (Å²) in [6, 6.07) is 23.3. The first-order valence-electron chi connectivity index (χ1n) is 14.3. The Morgan fingerprint density at radius 1 is 0.725 bits per heavy atom. The molecule has 3 aromatic carbocycles. The van der Waals surface area contributed by atoms with Gasteiger partial charge in [0.1, 0.15) is 18.8 Å². The van der Waals surface area contributed by atoms with Gasteiger partial charge in [-0.1, -0.05) is 42.5 Å². The molecule has 2 aliphatic heterocycles. The summed E-state index contributed by atoms with van der Waals surface area (Å²) in [7, 11) is 0. The normalized spacial score (nSPS) is 17.2. The predicted octanol–water partition coefficient (Wildman–Crippen LogP) is 7.83. The van der Waals surface area contributed by atoms with Gasteiger partial charge in [0.05, 0.1) is 10.8 Å². The highest BCUT2D eigenvalue weighted by Gasteiger charge is 2.44. The molecule has 0 aromatic heterocycles. The Balaban J connectivity index is 1.54. The lowest BCUT2D eigenvalue weighted by atomic mass is 9.81. The Labute approximate surface area is 238 Å². The first-order valence-corrected chi connectivity index (χ1v) is 14.3. The van der Waals surface area contributed by atoms with Crippen molar-refractivity contribution in [3.05, 3.63) is 101 Å². The Bertz CT molecular complexity index is 1620. The van der Waals surface area contributed by atoms with Gasteiger partial charge in [0.15, 0.2) is 11.4 Å². The first-order chi connectivity index (χ1) is 19.1. The molecular weight excluding hydrogens is 492 g/mol. The zero-order valence-corrected chi connectivity index (χ0v) is 24.8. The quantitative estimate of drug-likeness (QED) is 0.176. The zero-order valence-electron chi connectivity index (χ0n) is 24.8. The van der Waals surface area contributed by atoms with Gasteiger partial charge < -0.3 is 4.74 Å². The molecule has 0 saturated heterocycles. The third-order valence-electron chi connectivity index (χ3n) is 8.37. The highest BCUT2D eigenvalue weighted by atomic mass is 16.5. The summed E-state index contributed by atoms with van der Waals surface area (Å²) in [5.74, 6) is 0.239. The minimum Gasteiger partial charge on any atom is -0.426 e. The van der Waals surface area contributed by atoms with Crippen LogP contribution in [0.5, 0.6) is 5.75 Å². The second-order valence-corrected chi connectivity index (χ2v) is 11.6. The lowest BCUT2D eigenvalue weighted by Gasteiger charge is -2.15. The number of rotatable bonds is 7. The minimum atomic E-state index is -0.325. The third-order valence-corrected chi connectivity index (χ3v) is 8.37. The molecule has 4 nitrogen and oxygen atoms in total. The van der Waals surface area contributed by atoms with Crippen molar-refractivity contribution in [2.75, 3.05) is 13.1 Å². The second kappa shape index (κ2) is 10.5. The van der Waals surface area contributed by atoms with Crippen molar-refractivity contribution in [2.24, 2.45) is 0 Å². The van der Waals surface area contributed by atoms with Crippen LogP contribution in [0.4, 0.5) is 11.4 Å². The summed E-state index contributed by atoms with van der Waals surface area (Å²) >= 11 is 0. The molecule has 0 aliphatic carbocycles. The predicted molar refractivity (Wildman–Crippen MR) is 166 cm³/mol. The van der Waals surface area contributed by atoms with Gasteiger partial charge in [-0.15, -0.1) is 0 Å². The number of carbonyl (C=O) groups is 1. The molecular formula is C36H40N2O2+2. The van der Waals surface area contributed by atoms with Gasteiger partial charge in [0.25, 0.3) is 0 Å². The highest BCUT2D eigenvalue weighted by Crippen LogP contribution is 2.41. The van der Waals surface area contributed by atoms with E-state index in [1.54, 1.807) is 0 Å². The average Bonchev–Trinajstić information content (AvgIpc) is 3.29. The number of para-hydroxylation sites is 2. The molecule has 0 radical (unpaired) electrons. The number of nitrogens with zero attached hydrogens (tertiary/aromatic N) is 2. The van der Waals surface area contributed by atoms with E-state index in [9.17, 15) is 4.79 Å². The highest BCUT2D eigenvalue weighted by molar-refractivity contribution is 6.06. The van der Waals surface area contributed by atoms with Gasteiger partial charge >= 0.3 is 5.97 Å². The van der Waals surface area contributed by atoms with Crippen LogP contribution < -0.4 is 4.74 Å². The van der Waals surface area contributed by atoms with Crippen molar-refractivity contribution in [1.29, 1.82) is 0 Å². The van der Waals surface area contributed by atoms with Crippen molar-refractivity contribution in [3.63, 3.8) is 0 Å². The molecule has 204 valence electrons. The number of ether oxygens (including phenoxy) is 1. The number of carbonyl (C=O) groups excluding carboxylic acids is 1. The van der Waals surface area contributed by atoms with Crippen LogP contribution in [0.1, 0.15) is 70.7 Å². The number of benzene rings is 3. The maximum Gasteiger partial charge on any atom is 0.308 e. The topological polar surface area (TPSA) is 32.3 Å². The molecule has 3 aromatic rings. The molecule has 0 spiro atoms. The van der Waals surface area contributed by atoms with E-state index in [0.717, 1.165) is 24.2 Å². The smallest absolute Gasteiger partial charge is 0.308 e. The molecule has 40 heavy (non-hydrogen) atoms. The van der Waals surface area contributed by atoms with Crippen LogP contribution >= 0.6 is 0 Å². The average molecular weight is 533 g/mol. The summed E-state index contributed by atoms with van der Waals surface area (Å²) in [6.45, 7) is 16.7. The fourth-order valence-corrected chi connectivity index (χ4v) is 6.36. The molecule has 0 saturated carbocycles. The monoisotopic (exact) mass is 532 g/mol. The van der Waals surface area contributed by atoms with Gasteiger partial charge in [-0.25, -0.2) is 0 Å². The molecule has 0 bridgehead atoms. The summed E-state index contributed by atoms with van der Waals surface area (Å²) in [5, 5.41) is 0. The summed E-state index contributed by atoms with van der Waals surface area (Å²) in [6.07, 6.45) is 8.68. The van der Waals surface area contributed by atoms with Crippen molar-refractivity contribution < 1.29 is 18.7 Å². The number of hydrogen-bond acceptors (Lipinski definition) is 2. The van der Waals surface area contributed by atoms with E-state index in [4.69, 9.17) is 4.74 Å². The lowest BCUT2D eigenvalue weighted by molar-refractivity contribution is -0.433. The number of hydrogen-bond donors (Lipinski definition) is 0. The van der Waals surface area contributed by atoms with E-state index in [1.165, 1.54) is 40.8 Å². The maximum absolute atomic E-state index is 11.9. The Hall–Kier alpha value is -4.05. The van der Waals surface area contributed by atoms with E-state index in [-0.39, 0.29) is 16.8 Å². The maximum atomic E-state index is 11.9. The summed E-state index contributed by atoms with van der Waals surface area (Å²) < 4.78 is 10.4. The van der Waals surface area contributed by atoms with E-state index in [2.05, 4.69) is 130 Å². The van der Waals surface area contributed by atoms with Gasteiger partial charge in [0.2, 0.25) is 11.4 Å². The van der Waals surface area contributed by atoms with E-state index in [1.807, 2.05) is 12.1 Å². The fraction of sp³-hybridized carbons (Fsp3) is 0.306. The van der Waals surface area contributed by atoms with Crippen molar-refractivity contribution in [3.8, 4) is 5.75 Å². The third kappa shape index (κ3) is 4.66. The van der Waals surface area contributed by atoms with E-state index < -0.39 is 0 Å². The molecule has 2 heterocycles. The van der Waals surface area contributed by atoms with Crippen molar-refractivity contribution in [1.82, 2.24) is 0 Å². The molecule has 0 fully saturated rings. The van der Waals surface area contributed by atoms with Crippen LogP contribution in [0.3, 0.4) is 0 Å². The largest absolute Gasteiger partial charge is 0.426 e. The second-order valence-electron chi connectivity index (χ2n) is 11.6. The number of fused-ring (bicyclic) bond motifs is 2. The molecule has 4 heteroatoms. The Morgan fingerprint density at radius 3 is 1.73 bits per heavy atom. The van der Waals surface area contributed by atoms with E-state index >= 15 is 0 Å². The first kappa shape index (κ1) is 27.5. The van der Waals surface area contributed by atoms with Crippen LogP contribution in [0.15, 0.2) is 78.9 Å². The zero-order chi connectivity index (χ0) is 28.7. The minimum absolute atomic E-state index is 0.0904. The number of allylic oxidation sites excluding steroid dienone is 2. The van der Waals surface area contributed by atoms with Gasteiger partial charge in [-0.3, -0.25) is 4.79 Å². The van der Waals surface area contributed by atoms with Crippen LogP contribution in [0.2, 0.25) is 0 Å². The van der Waals surface area contributed by atoms with Crippen molar-refractivity contribution >= 4 is 40.9 Å². The fourth-order valence-electron chi connectivity index (χ4n) is 6.36. The van der Waals surface area contributed by atoms with Crippen LogP contribution in [0.25, 0.3) is 12.2 Å². The van der Waals surface area contributed by atoms with Crippen molar-refractivity contribution in [2.45, 2.75) is 59.3 Å². The molecule has 0 N–H and O–H groups in total. The van der Waals surface area contributed by atoms with E-state index in [0.29, 0.717) is 5.75 Å². The molecule has 0 amide bonds. The molecule has 0 unspecified atom stereocenters. The Morgan fingerprint density at radius 2 is 1.23 bits per heavy atom. The molecule has 5 rings (SSSR count).